The van der Waals surface area contributed by atoms with Crippen LogP contribution in [0.15, 0.2) is 0 Å². The SMILES string of the molecule is CCN(CCCO)C(=O)C1CCCN(C(=O)N(C)C)C1. The minimum atomic E-state index is -0.105. The van der Waals surface area contributed by atoms with Crippen molar-refractivity contribution in [2.24, 2.45) is 5.92 Å². The molecule has 6 nitrogen and oxygen atoms in total. The van der Waals surface area contributed by atoms with Gasteiger partial charge in [0.15, 0.2) is 0 Å². The van der Waals surface area contributed by atoms with Crippen molar-refractivity contribution in [1.82, 2.24) is 14.7 Å². The van der Waals surface area contributed by atoms with Crippen LogP contribution in [0.2, 0.25) is 0 Å². The van der Waals surface area contributed by atoms with Gasteiger partial charge in [-0.2, -0.15) is 0 Å². The second kappa shape index (κ2) is 8.09. The molecule has 0 radical (unpaired) electrons. The molecule has 6 heteroatoms. The van der Waals surface area contributed by atoms with Crippen molar-refractivity contribution < 1.29 is 14.7 Å². The van der Waals surface area contributed by atoms with E-state index >= 15 is 0 Å². The van der Waals surface area contributed by atoms with Gasteiger partial charge in [-0.15, -0.1) is 0 Å². The molecule has 20 heavy (non-hydrogen) atoms. The molecule has 1 aliphatic heterocycles. The predicted molar refractivity (Wildman–Crippen MR) is 77.3 cm³/mol. The number of nitrogens with zero attached hydrogens (tertiary/aromatic N) is 3. The van der Waals surface area contributed by atoms with Gasteiger partial charge >= 0.3 is 6.03 Å². The van der Waals surface area contributed by atoms with Crippen molar-refractivity contribution in [2.45, 2.75) is 26.2 Å². The molecular weight excluding hydrogens is 258 g/mol. The summed E-state index contributed by atoms with van der Waals surface area (Å²) < 4.78 is 0. The molecule has 0 saturated carbocycles. The van der Waals surface area contributed by atoms with Crippen LogP contribution in [0.4, 0.5) is 4.79 Å². The van der Waals surface area contributed by atoms with Gasteiger partial charge in [0, 0.05) is 46.9 Å². The van der Waals surface area contributed by atoms with E-state index in [2.05, 4.69) is 0 Å². The van der Waals surface area contributed by atoms with Crippen LogP contribution in [0.1, 0.15) is 26.2 Å². The van der Waals surface area contributed by atoms with Crippen molar-refractivity contribution in [3.8, 4) is 0 Å². The van der Waals surface area contributed by atoms with Crippen molar-refractivity contribution in [1.29, 1.82) is 0 Å². The summed E-state index contributed by atoms with van der Waals surface area (Å²) in [5.41, 5.74) is 0. The number of carbonyl (C=O) groups excluding carboxylic acids is 2. The second-order valence-corrected chi connectivity index (χ2v) is 5.46. The van der Waals surface area contributed by atoms with E-state index in [0.29, 0.717) is 26.1 Å². The molecule has 0 spiro atoms. The Labute approximate surface area is 121 Å². The normalized spacial score (nSPS) is 18.8. The summed E-state index contributed by atoms with van der Waals surface area (Å²) in [7, 11) is 3.46. The van der Waals surface area contributed by atoms with Gasteiger partial charge in [-0.3, -0.25) is 4.79 Å². The first-order valence-electron chi connectivity index (χ1n) is 7.37. The largest absolute Gasteiger partial charge is 0.396 e. The standard InChI is InChI=1S/C14H27N3O3/c1-4-16(9-6-10-18)13(19)12-7-5-8-17(11-12)14(20)15(2)3/h12,18H,4-11H2,1-3H3. The van der Waals surface area contributed by atoms with Crippen LogP contribution in [-0.4, -0.2) is 78.6 Å². The van der Waals surface area contributed by atoms with E-state index in [1.165, 1.54) is 0 Å². The van der Waals surface area contributed by atoms with Gasteiger partial charge in [-0.25, -0.2) is 4.79 Å². The van der Waals surface area contributed by atoms with Crippen LogP contribution in [0.5, 0.6) is 0 Å². The van der Waals surface area contributed by atoms with E-state index in [4.69, 9.17) is 5.11 Å². The van der Waals surface area contributed by atoms with E-state index < -0.39 is 0 Å². The zero-order chi connectivity index (χ0) is 15.1. The molecule has 0 aromatic heterocycles. The van der Waals surface area contributed by atoms with Crippen LogP contribution >= 0.6 is 0 Å². The molecule has 1 saturated heterocycles. The zero-order valence-corrected chi connectivity index (χ0v) is 12.8. The number of carbonyl (C=O) groups is 2. The Morgan fingerprint density at radius 2 is 2.05 bits per heavy atom. The number of piperidine rings is 1. The lowest BCUT2D eigenvalue weighted by atomic mass is 9.96. The summed E-state index contributed by atoms with van der Waals surface area (Å²) >= 11 is 0. The second-order valence-electron chi connectivity index (χ2n) is 5.46. The highest BCUT2D eigenvalue weighted by Crippen LogP contribution is 2.19. The maximum atomic E-state index is 12.5. The molecule has 116 valence electrons. The Morgan fingerprint density at radius 3 is 2.60 bits per heavy atom. The first-order chi connectivity index (χ1) is 9.51. The number of likely N-dealkylation sites (tertiary alicyclic amines) is 1. The van der Waals surface area contributed by atoms with Gasteiger partial charge in [0.25, 0.3) is 0 Å². The van der Waals surface area contributed by atoms with Crippen molar-refractivity contribution in [3.63, 3.8) is 0 Å². The van der Waals surface area contributed by atoms with Gasteiger partial charge < -0.3 is 19.8 Å². The van der Waals surface area contributed by atoms with Crippen molar-refractivity contribution in [2.75, 3.05) is 46.9 Å². The smallest absolute Gasteiger partial charge is 0.319 e. The lowest BCUT2D eigenvalue weighted by molar-refractivity contribution is -0.136. The Hall–Kier alpha value is -1.30. The molecule has 0 aliphatic carbocycles. The summed E-state index contributed by atoms with van der Waals surface area (Å²) in [6.07, 6.45) is 2.31. The van der Waals surface area contributed by atoms with Gasteiger partial charge in [0.2, 0.25) is 5.91 Å². The number of rotatable bonds is 5. The maximum absolute atomic E-state index is 12.5. The monoisotopic (exact) mass is 285 g/mol. The first-order valence-corrected chi connectivity index (χ1v) is 7.37. The lowest BCUT2D eigenvalue weighted by Crippen LogP contribution is -2.49. The minimum Gasteiger partial charge on any atom is -0.396 e. The topological polar surface area (TPSA) is 64.1 Å². The highest BCUT2D eigenvalue weighted by Gasteiger charge is 2.31. The summed E-state index contributed by atoms with van der Waals surface area (Å²) in [6.45, 7) is 4.51. The highest BCUT2D eigenvalue weighted by atomic mass is 16.3. The van der Waals surface area contributed by atoms with Crippen LogP contribution in [0.25, 0.3) is 0 Å². The van der Waals surface area contributed by atoms with E-state index in [1.807, 2.05) is 6.92 Å². The van der Waals surface area contributed by atoms with Crippen LogP contribution in [0, 0.1) is 5.92 Å². The van der Waals surface area contributed by atoms with Gasteiger partial charge in [0.05, 0.1) is 5.92 Å². The molecule has 1 aliphatic rings. The molecule has 1 unspecified atom stereocenters. The van der Waals surface area contributed by atoms with Crippen LogP contribution in [-0.2, 0) is 4.79 Å². The number of aliphatic hydroxyl groups is 1. The summed E-state index contributed by atoms with van der Waals surface area (Å²) in [6, 6.07) is -0.0269. The third-order valence-corrected chi connectivity index (χ3v) is 3.70. The van der Waals surface area contributed by atoms with Gasteiger partial charge in [-0.1, -0.05) is 0 Å². The van der Waals surface area contributed by atoms with Crippen molar-refractivity contribution in [3.05, 3.63) is 0 Å². The predicted octanol–water partition coefficient (Wildman–Crippen LogP) is 0.611. The summed E-state index contributed by atoms with van der Waals surface area (Å²) in [4.78, 5) is 29.5. The molecule has 1 heterocycles. The molecule has 1 fully saturated rings. The lowest BCUT2D eigenvalue weighted by Gasteiger charge is -2.35. The highest BCUT2D eigenvalue weighted by molar-refractivity contribution is 5.81. The van der Waals surface area contributed by atoms with Gasteiger partial charge in [0.1, 0.15) is 0 Å². The van der Waals surface area contributed by atoms with Crippen molar-refractivity contribution >= 4 is 11.9 Å². The Balaban J connectivity index is 2.61. The molecule has 3 amide bonds. The minimum absolute atomic E-state index is 0.0269. The fourth-order valence-corrected chi connectivity index (χ4v) is 2.58. The fourth-order valence-electron chi connectivity index (χ4n) is 2.58. The van der Waals surface area contributed by atoms with E-state index in [9.17, 15) is 9.59 Å². The fraction of sp³-hybridized carbons (Fsp3) is 0.857. The zero-order valence-electron chi connectivity index (χ0n) is 12.8. The molecule has 0 bridgehead atoms. The Morgan fingerprint density at radius 1 is 1.35 bits per heavy atom. The maximum Gasteiger partial charge on any atom is 0.319 e. The molecule has 0 aromatic carbocycles. The third kappa shape index (κ3) is 4.37. The number of aliphatic hydroxyl groups excluding tert-OH is 1. The average molecular weight is 285 g/mol. The summed E-state index contributed by atoms with van der Waals surface area (Å²) in [5.74, 6) is 0.00324. The Kier molecular flexibility index (Phi) is 6.78. The molecule has 1 N–H and O–H groups in total. The number of hydrogen-bond donors (Lipinski definition) is 1. The number of hydrogen-bond acceptors (Lipinski definition) is 3. The number of urea groups is 1. The number of amides is 3. The average Bonchev–Trinajstić information content (AvgIpc) is 2.47. The van der Waals surface area contributed by atoms with E-state index in [1.54, 1.807) is 28.8 Å². The first kappa shape index (κ1) is 16.8. The molecule has 1 atom stereocenters. The Bertz CT molecular complexity index is 334. The molecule has 1 rings (SSSR count). The summed E-state index contributed by atoms with van der Waals surface area (Å²) in [5, 5.41) is 8.88. The van der Waals surface area contributed by atoms with E-state index in [0.717, 1.165) is 19.4 Å². The third-order valence-electron chi connectivity index (χ3n) is 3.70. The quantitative estimate of drug-likeness (QED) is 0.805. The van der Waals surface area contributed by atoms with Crippen LogP contribution < -0.4 is 0 Å². The molecular formula is C14H27N3O3. The van der Waals surface area contributed by atoms with Gasteiger partial charge in [-0.05, 0) is 26.2 Å². The van der Waals surface area contributed by atoms with Crippen LogP contribution in [0.3, 0.4) is 0 Å². The van der Waals surface area contributed by atoms with E-state index in [-0.39, 0.29) is 24.5 Å². The molecule has 0 aromatic rings.